The average Bonchev–Trinajstić information content (AvgIpc) is 2.66. The molecule has 0 bridgehead atoms. The molecule has 1 saturated heterocycles. The molecular weight excluding hydrogens is 242 g/mol. The van der Waals surface area contributed by atoms with E-state index in [-0.39, 0.29) is 0 Å². The maximum absolute atomic E-state index is 12.0. The molecule has 1 aliphatic heterocycles. The molecule has 5 heteroatoms. The highest BCUT2D eigenvalue weighted by atomic mass is 16.2. The highest BCUT2D eigenvalue weighted by Gasteiger charge is 2.22. The van der Waals surface area contributed by atoms with Gasteiger partial charge >= 0.3 is 11.8 Å². The molecule has 0 spiro atoms. The van der Waals surface area contributed by atoms with Gasteiger partial charge in [0.1, 0.15) is 0 Å². The number of anilines is 1. The van der Waals surface area contributed by atoms with Crippen molar-refractivity contribution in [3.8, 4) is 0 Å². The van der Waals surface area contributed by atoms with E-state index < -0.39 is 11.8 Å². The second kappa shape index (κ2) is 6.33. The summed E-state index contributed by atoms with van der Waals surface area (Å²) >= 11 is 0. The summed E-state index contributed by atoms with van der Waals surface area (Å²) in [6.45, 7) is 4.79. The Morgan fingerprint density at radius 1 is 1.26 bits per heavy atom. The summed E-state index contributed by atoms with van der Waals surface area (Å²) in [5.74, 6) is -1.02. The van der Waals surface area contributed by atoms with Crippen LogP contribution in [0.1, 0.15) is 12.0 Å². The first-order valence-electron chi connectivity index (χ1n) is 6.54. The smallest absolute Gasteiger partial charge is 0.313 e. The Kier molecular flexibility index (Phi) is 4.52. The summed E-state index contributed by atoms with van der Waals surface area (Å²) in [6, 6.07) is 7.42. The molecule has 1 aromatic rings. The van der Waals surface area contributed by atoms with Crippen molar-refractivity contribution in [3.05, 3.63) is 29.8 Å². The Hall–Kier alpha value is -1.88. The third-order valence-electron chi connectivity index (χ3n) is 3.10. The van der Waals surface area contributed by atoms with Crippen molar-refractivity contribution in [3.63, 3.8) is 0 Å². The molecule has 0 saturated carbocycles. The van der Waals surface area contributed by atoms with Gasteiger partial charge in [-0.05, 0) is 37.6 Å². The monoisotopic (exact) mass is 261 g/mol. The minimum absolute atomic E-state index is 0.454. The van der Waals surface area contributed by atoms with Gasteiger partial charge in [0.25, 0.3) is 0 Å². The zero-order valence-electron chi connectivity index (χ0n) is 11.1. The number of carbonyl (C=O) groups is 2. The van der Waals surface area contributed by atoms with E-state index in [0.717, 1.165) is 25.1 Å². The molecule has 0 aliphatic carbocycles. The van der Waals surface area contributed by atoms with E-state index in [2.05, 4.69) is 10.6 Å². The van der Waals surface area contributed by atoms with E-state index in [1.165, 1.54) is 0 Å². The highest BCUT2D eigenvalue weighted by molar-refractivity contribution is 6.39. The van der Waals surface area contributed by atoms with E-state index in [1.54, 1.807) is 11.0 Å². The van der Waals surface area contributed by atoms with Gasteiger partial charge in [0.2, 0.25) is 0 Å². The van der Waals surface area contributed by atoms with E-state index in [9.17, 15) is 9.59 Å². The first-order chi connectivity index (χ1) is 9.16. The SMILES string of the molecule is Cc1cccc(NC(=O)C(=O)N2CCCNCC2)c1. The van der Waals surface area contributed by atoms with E-state index in [0.29, 0.717) is 18.8 Å². The lowest BCUT2D eigenvalue weighted by molar-refractivity contribution is -0.143. The third kappa shape index (κ3) is 3.79. The summed E-state index contributed by atoms with van der Waals surface area (Å²) < 4.78 is 0. The van der Waals surface area contributed by atoms with Crippen LogP contribution >= 0.6 is 0 Å². The molecule has 5 nitrogen and oxygen atoms in total. The topological polar surface area (TPSA) is 61.4 Å². The first-order valence-corrected chi connectivity index (χ1v) is 6.54. The van der Waals surface area contributed by atoms with Crippen molar-refractivity contribution in [2.75, 3.05) is 31.5 Å². The van der Waals surface area contributed by atoms with Crippen molar-refractivity contribution in [2.24, 2.45) is 0 Å². The van der Waals surface area contributed by atoms with Crippen LogP contribution < -0.4 is 10.6 Å². The number of nitrogens with zero attached hydrogens (tertiary/aromatic N) is 1. The Balaban J connectivity index is 1.97. The van der Waals surface area contributed by atoms with Crippen molar-refractivity contribution in [1.29, 1.82) is 0 Å². The van der Waals surface area contributed by atoms with Crippen LogP contribution in [0.3, 0.4) is 0 Å². The van der Waals surface area contributed by atoms with Gasteiger partial charge in [-0.25, -0.2) is 0 Å². The van der Waals surface area contributed by atoms with Crippen LogP contribution in [0.15, 0.2) is 24.3 Å². The Bertz CT molecular complexity index is 466. The standard InChI is InChI=1S/C14H19N3O2/c1-11-4-2-5-12(10-11)16-13(18)14(19)17-8-3-6-15-7-9-17/h2,4-5,10,15H,3,6-9H2,1H3,(H,16,18). The third-order valence-corrected chi connectivity index (χ3v) is 3.10. The molecule has 2 rings (SSSR count). The van der Waals surface area contributed by atoms with Gasteiger partial charge in [0.15, 0.2) is 0 Å². The molecule has 0 unspecified atom stereocenters. The van der Waals surface area contributed by atoms with Gasteiger partial charge < -0.3 is 15.5 Å². The van der Waals surface area contributed by atoms with E-state index in [1.807, 2.05) is 25.1 Å². The van der Waals surface area contributed by atoms with Gasteiger partial charge in [0.05, 0.1) is 0 Å². The number of aryl methyl sites for hydroxylation is 1. The Morgan fingerprint density at radius 3 is 2.89 bits per heavy atom. The zero-order chi connectivity index (χ0) is 13.7. The Morgan fingerprint density at radius 2 is 2.11 bits per heavy atom. The lowest BCUT2D eigenvalue weighted by atomic mass is 10.2. The quantitative estimate of drug-likeness (QED) is 0.734. The van der Waals surface area contributed by atoms with Gasteiger partial charge in [-0.3, -0.25) is 9.59 Å². The van der Waals surface area contributed by atoms with E-state index >= 15 is 0 Å². The maximum atomic E-state index is 12.0. The Labute approximate surface area is 113 Å². The molecule has 0 radical (unpaired) electrons. The number of hydrogen-bond acceptors (Lipinski definition) is 3. The fraction of sp³-hybridized carbons (Fsp3) is 0.429. The number of rotatable bonds is 1. The molecule has 102 valence electrons. The van der Waals surface area contributed by atoms with Gasteiger partial charge in [-0.1, -0.05) is 12.1 Å². The summed E-state index contributed by atoms with van der Waals surface area (Å²) in [5, 5.41) is 5.85. The second-order valence-electron chi connectivity index (χ2n) is 4.72. The van der Waals surface area contributed by atoms with Crippen LogP contribution in [-0.4, -0.2) is 42.9 Å². The largest absolute Gasteiger partial charge is 0.333 e. The van der Waals surface area contributed by atoms with Crippen LogP contribution in [0, 0.1) is 6.92 Å². The van der Waals surface area contributed by atoms with Gasteiger partial charge in [-0.15, -0.1) is 0 Å². The average molecular weight is 261 g/mol. The second-order valence-corrected chi connectivity index (χ2v) is 4.72. The molecule has 0 atom stereocenters. The lowest BCUT2D eigenvalue weighted by Gasteiger charge is -2.19. The highest BCUT2D eigenvalue weighted by Crippen LogP contribution is 2.09. The van der Waals surface area contributed by atoms with Gasteiger partial charge in [0, 0.05) is 25.3 Å². The predicted molar refractivity (Wildman–Crippen MR) is 73.9 cm³/mol. The summed E-state index contributed by atoms with van der Waals surface area (Å²) in [5.41, 5.74) is 1.70. The minimum Gasteiger partial charge on any atom is -0.333 e. The predicted octanol–water partition coefficient (Wildman–Crippen LogP) is 0.755. The lowest BCUT2D eigenvalue weighted by Crippen LogP contribution is -2.41. The fourth-order valence-electron chi connectivity index (χ4n) is 2.10. The number of amides is 2. The summed E-state index contributed by atoms with van der Waals surface area (Å²) in [7, 11) is 0. The molecule has 1 heterocycles. The maximum Gasteiger partial charge on any atom is 0.313 e. The zero-order valence-corrected chi connectivity index (χ0v) is 11.1. The molecule has 19 heavy (non-hydrogen) atoms. The van der Waals surface area contributed by atoms with Crippen LogP contribution in [0.4, 0.5) is 5.69 Å². The van der Waals surface area contributed by atoms with Crippen LogP contribution in [0.5, 0.6) is 0 Å². The van der Waals surface area contributed by atoms with Crippen LogP contribution in [0.2, 0.25) is 0 Å². The fourth-order valence-corrected chi connectivity index (χ4v) is 2.10. The van der Waals surface area contributed by atoms with Crippen molar-refractivity contribution < 1.29 is 9.59 Å². The molecule has 2 N–H and O–H groups in total. The van der Waals surface area contributed by atoms with Crippen molar-refractivity contribution in [2.45, 2.75) is 13.3 Å². The van der Waals surface area contributed by atoms with Crippen molar-refractivity contribution >= 4 is 17.5 Å². The van der Waals surface area contributed by atoms with Gasteiger partial charge in [-0.2, -0.15) is 0 Å². The summed E-state index contributed by atoms with van der Waals surface area (Å²) in [4.78, 5) is 25.5. The molecular formula is C14H19N3O2. The number of benzene rings is 1. The molecule has 1 fully saturated rings. The summed E-state index contributed by atoms with van der Waals surface area (Å²) in [6.07, 6.45) is 0.878. The minimum atomic E-state index is -0.563. The van der Waals surface area contributed by atoms with Crippen LogP contribution in [-0.2, 0) is 9.59 Å². The molecule has 1 aromatic carbocycles. The van der Waals surface area contributed by atoms with E-state index in [4.69, 9.17) is 0 Å². The molecule has 1 aliphatic rings. The molecule has 0 aromatic heterocycles. The van der Waals surface area contributed by atoms with Crippen molar-refractivity contribution in [1.82, 2.24) is 10.2 Å². The van der Waals surface area contributed by atoms with Crippen LogP contribution in [0.25, 0.3) is 0 Å². The first kappa shape index (κ1) is 13.5. The number of carbonyl (C=O) groups excluding carboxylic acids is 2. The normalized spacial score (nSPS) is 15.7. The number of hydrogen-bond donors (Lipinski definition) is 2. The molecule has 2 amide bonds. The number of nitrogens with one attached hydrogen (secondary N) is 2.